The van der Waals surface area contributed by atoms with Gasteiger partial charge >= 0.3 is 0 Å². The molecule has 0 N–H and O–H groups in total. The van der Waals surface area contributed by atoms with Gasteiger partial charge in [-0.25, -0.2) is 9.67 Å². The molecule has 0 atom stereocenters. The maximum Gasteiger partial charge on any atom is 0.283 e. The average Bonchev–Trinajstić information content (AvgIpc) is 2.54. The Morgan fingerprint density at radius 3 is 3.00 bits per heavy atom. The third-order valence-corrected chi connectivity index (χ3v) is 2.04. The van der Waals surface area contributed by atoms with E-state index in [9.17, 15) is 4.79 Å². The lowest BCUT2D eigenvalue weighted by Gasteiger charge is -2.00. The van der Waals surface area contributed by atoms with E-state index in [0.717, 1.165) is 6.42 Å². The molecule has 6 heteroatoms. The highest BCUT2D eigenvalue weighted by molar-refractivity contribution is 5.67. The molecule has 0 saturated heterocycles. The van der Waals surface area contributed by atoms with Crippen molar-refractivity contribution in [3.63, 3.8) is 0 Å². The van der Waals surface area contributed by atoms with Crippen LogP contribution in [0.3, 0.4) is 0 Å². The second-order valence-corrected chi connectivity index (χ2v) is 3.13. The number of fused-ring (bicyclic) bond motifs is 1. The molecule has 2 rings (SSSR count). The van der Waals surface area contributed by atoms with E-state index in [1.54, 1.807) is 11.6 Å². The maximum absolute atomic E-state index is 11.7. The Bertz CT molecular complexity index is 512. The zero-order chi connectivity index (χ0) is 10.1. The van der Waals surface area contributed by atoms with Gasteiger partial charge in [-0.2, -0.15) is 0 Å². The minimum absolute atomic E-state index is 0.120. The van der Waals surface area contributed by atoms with E-state index in [1.807, 2.05) is 6.92 Å². The van der Waals surface area contributed by atoms with Crippen LogP contribution in [-0.2, 0) is 13.6 Å². The highest BCUT2D eigenvalue weighted by atomic mass is 16.1. The van der Waals surface area contributed by atoms with E-state index in [2.05, 4.69) is 15.3 Å². The molecular formula is C8H11N5O. The highest BCUT2D eigenvalue weighted by Gasteiger charge is 2.08. The van der Waals surface area contributed by atoms with Crippen LogP contribution in [0.5, 0.6) is 0 Å². The largest absolute Gasteiger partial charge is 0.297 e. The van der Waals surface area contributed by atoms with Gasteiger partial charge in [0.2, 0.25) is 0 Å². The summed E-state index contributed by atoms with van der Waals surface area (Å²) >= 11 is 0. The van der Waals surface area contributed by atoms with Gasteiger partial charge in [0, 0.05) is 13.6 Å². The van der Waals surface area contributed by atoms with Crippen LogP contribution in [0.25, 0.3) is 11.2 Å². The quantitative estimate of drug-likeness (QED) is 0.670. The van der Waals surface area contributed by atoms with Crippen molar-refractivity contribution in [3.8, 4) is 0 Å². The Labute approximate surface area is 80.2 Å². The maximum atomic E-state index is 11.7. The first-order valence-corrected chi connectivity index (χ1v) is 4.49. The summed E-state index contributed by atoms with van der Waals surface area (Å²) in [6.07, 6.45) is 2.44. The van der Waals surface area contributed by atoms with Crippen LogP contribution in [0.2, 0.25) is 0 Å². The van der Waals surface area contributed by atoms with E-state index in [1.165, 1.54) is 11.0 Å². The number of hydrogen-bond donors (Lipinski definition) is 0. The van der Waals surface area contributed by atoms with Crippen molar-refractivity contribution in [3.05, 3.63) is 16.7 Å². The Morgan fingerprint density at radius 2 is 2.29 bits per heavy atom. The van der Waals surface area contributed by atoms with Crippen molar-refractivity contribution < 1.29 is 0 Å². The van der Waals surface area contributed by atoms with E-state index < -0.39 is 0 Å². The molecule has 14 heavy (non-hydrogen) atoms. The summed E-state index contributed by atoms with van der Waals surface area (Å²) in [6, 6.07) is 0. The first kappa shape index (κ1) is 8.86. The van der Waals surface area contributed by atoms with E-state index in [0.29, 0.717) is 17.7 Å². The van der Waals surface area contributed by atoms with Crippen molar-refractivity contribution in [1.29, 1.82) is 0 Å². The van der Waals surface area contributed by atoms with Crippen molar-refractivity contribution >= 4 is 11.2 Å². The second kappa shape index (κ2) is 3.21. The van der Waals surface area contributed by atoms with Crippen LogP contribution < -0.4 is 5.56 Å². The number of aryl methyl sites for hydroxylation is 2. The predicted octanol–water partition coefficient (Wildman–Crippen LogP) is -0.0650. The van der Waals surface area contributed by atoms with Crippen LogP contribution in [0.4, 0.5) is 0 Å². The van der Waals surface area contributed by atoms with Gasteiger partial charge < -0.3 is 0 Å². The highest BCUT2D eigenvalue weighted by Crippen LogP contribution is 1.99. The zero-order valence-electron chi connectivity index (χ0n) is 8.14. The second-order valence-electron chi connectivity index (χ2n) is 3.13. The number of rotatable bonds is 2. The molecule has 74 valence electrons. The summed E-state index contributed by atoms with van der Waals surface area (Å²) in [4.78, 5) is 15.9. The molecule has 0 saturated carbocycles. The lowest BCUT2D eigenvalue weighted by atomic mass is 10.4. The molecule has 0 amide bonds. The molecular weight excluding hydrogens is 182 g/mol. The Hall–Kier alpha value is -1.72. The standard InChI is InChI=1S/C8H11N5O/c1-3-4-13-5-9-7-6(8(13)14)10-11-12(7)2/h5H,3-4H2,1-2H3. The summed E-state index contributed by atoms with van der Waals surface area (Å²) < 4.78 is 3.05. The predicted molar refractivity (Wildman–Crippen MR) is 50.9 cm³/mol. The smallest absolute Gasteiger partial charge is 0.283 e. The molecule has 6 nitrogen and oxygen atoms in total. The lowest BCUT2D eigenvalue weighted by molar-refractivity contribution is 0.645. The molecule has 0 aliphatic rings. The van der Waals surface area contributed by atoms with Crippen molar-refractivity contribution in [2.45, 2.75) is 19.9 Å². The minimum Gasteiger partial charge on any atom is -0.297 e. The first-order valence-electron chi connectivity index (χ1n) is 4.49. The summed E-state index contributed by atoms with van der Waals surface area (Å²) in [7, 11) is 1.71. The minimum atomic E-state index is -0.120. The summed E-state index contributed by atoms with van der Waals surface area (Å²) in [5.41, 5.74) is 0.746. The Kier molecular flexibility index (Phi) is 2.03. The molecule has 0 radical (unpaired) electrons. The van der Waals surface area contributed by atoms with Gasteiger partial charge in [-0.3, -0.25) is 9.36 Å². The van der Waals surface area contributed by atoms with Crippen LogP contribution in [-0.4, -0.2) is 24.5 Å². The number of nitrogens with zero attached hydrogens (tertiary/aromatic N) is 5. The van der Waals surface area contributed by atoms with Gasteiger partial charge in [0.1, 0.15) is 6.33 Å². The molecule has 0 spiro atoms. The molecule has 0 aromatic carbocycles. The normalized spacial score (nSPS) is 11.0. The van der Waals surface area contributed by atoms with Crippen molar-refractivity contribution in [1.82, 2.24) is 24.5 Å². The molecule has 0 aliphatic heterocycles. The summed E-state index contributed by atoms with van der Waals surface area (Å²) in [5.74, 6) is 0. The third kappa shape index (κ3) is 1.19. The van der Waals surface area contributed by atoms with Crippen LogP contribution in [0, 0.1) is 0 Å². The molecule has 0 unspecified atom stereocenters. The van der Waals surface area contributed by atoms with Crippen molar-refractivity contribution in [2.24, 2.45) is 7.05 Å². The van der Waals surface area contributed by atoms with E-state index in [4.69, 9.17) is 0 Å². The van der Waals surface area contributed by atoms with Gasteiger partial charge in [-0.15, -0.1) is 5.10 Å². The molecule has 2 aromatic rings. The SMILES string of the molecule is CCCn1cnc2c(nnn2C)c1=O. The monoisotopic (exact) mass is 193 g/mol. The molecule has 0 fully saturated rings. The topological polar surface area (TPSA) is 65.6 Å². The summed E-state index contributed by atoms with van der Waals surface area (Å²) in [6.45, 7) is 2.67. The van der Waals surface area contributed by atoms with E-state index in [-0.39, 0.29) is 5.56 Å². The lowest BCUT2D eigenvalue weighted by Crippen LogP contribution is -2.20. The van der Waals surface area contributed by atoms with Crippen LogP contribution >= 0.6 is 0 Å². The summed E-state index contributed by atoms with van der Waals surface area (Å²) in [5, 5.41) is 7.53. The van der Waals surface area contributed by atoms with E-state index >= 15 is 0 Å². The van der Waals surface area contributed by atoms with Gasteiger partial charge in [0.05, 0.1) is 0 Å². The average molecular weight is 193 g/mol. The molecule has 0 bridgehead atoms. The van der Waals surface area contributed by atoms with Crippen LogP contribution in [0.15, 0.2) is 11.1 Å². The van der Waals surface area contributed by atoms with Gasteiger partial charge in [-0.1, -0.05) is 12.1 Å². The first-order chi connectivity index (χ1) is 6.74. The molecule has 0 aliphatic carbocycles. The van der Waals surface area contributed by atoms with Crippen LogP contribution in [0.1, 0.15) is 13.3 Å². The Balaban J connectivity index is 2.70. The molecule has 2 aromatic heterocycles. The Morgan fingerprint density at radius 1 is 1.50 bits per heavy atom. The number of aromatic nitrogens is 5. The zero-order valence-corrected chi connectivity index (χ0v) is 8.14. The fourth-order valence-electron chi connectivity index (χ4n) is 1.35. The van der Waals surface area contributed by atoms with Gasteiger partial charge in [0.15, 0.2) is 11.2 Å². The fourth-order valence-corrected chi connectivity index (χ4v) is 1.35. The number of hydrogen-bond acceptors (Lipinski definition) is 4. The van der Waals surface area contributed by atoms with Gasteiger partial charge in [-0.05, 0) is 6.42 Å². The van der Waals surface area contributed by atoms with Crippen molar-refractivity contribution in [2.75, 3.05) is 0 Å². The van der Waals surface area contributed by atoms with Gasteiger partial charge in [0.25, 0.3) is 5.56 Å². The fraction of sp³-hybridized carbons (Fsp3) is 0.500. The third-order valence-electron chi connectivity index (χ3n) is 2.04. The molecule has 2 heterocycles.